The Kier molecular flexibility index (Phi) is 3.92. The smallest absolute Gasteiger partial charge is 0.130 e. The van der Waals surface area contributed by atoms with E-state index in [1.807, 2.05) is 26.8 Å². The first kappa shape index (κ1) is 13.0. The summed E-state index contributed by atoms with van der Waals surface area (Å²) < 4.78 is 18.9. The zero-order valence-electron chi connectivity index (χ0n) is 10.4. The molecule has 16 heavy (non-hydrogen) atoms. The second-order valence-corrected chi connectivity index (χ2v) is 4.92. The molecular formula is C13H20FNO. The number of benzene rings is 1. The van der Waals surface area contributed by atoms with Crippen LogP contribution in [0, 0.1) is 12.7 Å². The molecule has 0 aliphatic rings. The van der Waals surface area contributed by atoms with Gasteiger partial charge in [0.25, 0.3) is 0 Å². The first-order valence-electron chi connectivity index (χ1n) is 5.45. The first-order valence-corrected chi connectivity index (χ1v) is 5.45. The molecule has 2 N–H and O–H groups in total. The Morgan fingerprint density at radius 1 is 1.38 bits per heavy atom. The van der Waals surface area contributed by atoms with Crippen molar-refractivity contribution in [3.8, 4) is 5.75 Å². The normalized spacial score (nSPS) is 11.6. The Balaban J connectivity index is 2.94. The Hall–Kier alpha value is -1.09. The largest absolute Gasteiger partial charge is 0.496 e. The third kappa shape index (κ3) is 3.49. The predicted octanol–water partition coefficient (Wildman–Crippen LogP) is 2.81. The van der Waals surface area contributed by atoms with Gasteiger partial charge < -0.3 is 10.5 Å². The van der Waals surface area contributed by atoms with Gasteiger partial charge in [-0.3, -0.25) is 0 Å². The van der Waals surface area contributed by atoms with E-state index in [4.69, 9.17) is 10.5 Å². The van der Waals surface area contributed by atoms with E-state index in [1.54, 1.807) is 7.11 Å². The zero-order chi connectivity index (χ0) is 12.3. The van der Waals surface area contributed by atoms with Crippen molar-refractivity contribution in [2.45, 2.75) is 39.2 Å². The van der Waals surface area contributed by atoms with Gasteiger partial charge in [-0.25, -0.2) is 4.39 Å². The number of aryl methyl sites for hydroxylation is 1. The van der Waals surface area contributed by atoms with E-state index >= 15 is 0 Å². The second-order valence-electron chi connectivity index (χ2n) is 4.92. The molecular weight excluding hydrogens is 205 g/mol. The van der Waals surface area contributed by atoms with Gasteiger partial charge in [-0.1, -0.05) is 0 Å². The van der Waals surface area contributed by atoms with E-state index in [-0.39, 0.29) is 11.4 Å². The van der Waals surface area contributed by atoms with Crippen molar-refractivity contribution in [3.63, 3.8) is 0 Å². The Bertz CT molecular complexity index is 369. The summed E-state index contributed by atoms with van der Waals surface area (Å²) in [6.07, 6.45) is 1.32. The summed E-state index contributed by atoms with van der Waals surface area (Å²) in [5, 5.41) is 0. The van der Waals surface area contributed by atoms with Gasteiger partial charge in [-0.15, -0.1) is 0 Å². The molecule has 1 rings (SSSR count). The Labute approximate surface area is 96.6 Å². The van der Waals surface area contributed by atoms with Crippen molar-refractivity contribution in [2.75, 3.05) is 7.11 Å². The van der Waals surface area contributed by atoms with Crippen molar-refractivity contribution in [3.05, 3.63) is 29.1 Å². The van der Waals surface area contributed by atoms with Gasteiger partial charge in [0.15, 0.2) is 0 Å². The highest BCUT2D eigenvalue weighted by Gasteiger charge is 2.15. The number of halogens is 1. The van der Waals surface area contributed by atoms with Crippen LogP contribution in [0.4, 0.5) is 4.39 Å². The van der Waals surface area contributed by atoms with Crippen LogP contribution in [-0.2, 0) is 6.42 Å². The van der Waals surface area contributed by atoms with Crippen LogP contribution in [0.25, 0.3) is 0 Å². The van der Waals surface area contributed by atoms with Gasteiger partial charge in [0.2, 0.25) is 0 Å². The van der Waals surface area contributed by atoms with Crippen molar-refractivity contribution < 1.29 is 9.13 Å². The molecule has 0 saturated heterocycles. The maximum atomic E-state index is 13.8. The molecule has 0 aromatic heterocycles. The van der Waals surface area contributed by atoms with Crippen molar-refractivity contribution in [2.24, 2.45) is 5.73 Å². The highest BCUT2D eigenvalue weighted by molar-refractivity contribution is 5.38. The molecule has 0 heterocycles. The fraction of sp³-hybridized carbons (Fsp3) is 0.538. The van der Waals surface area contributed by atoms with E-state index in [1.165, 1.54) is 6.07 Å². The van der Waals surface area contributed by atoms with Crippen LogP contribution in [0.5, 0.6) is 5.75 Å². The lowest BCUT2D eigenvalue weighted by atomic mass is 9.95. The Morgan fingerprint density at radius 3 is 2.50 bits per heavy atom. The maximum Gasteiger partial charge on any atom is 0.130 e. The molecule has 3 heteroatoms. The van der Waals surface area contributed by atoms with E-state index in [0.29, 0.717) is 17.7 Å². The minimum Gasteiger partial charge on any atom is -0.496 e. The third-order valence-electron chi connectivity index (χ3n) is 2.54. The van der Waals surface area contributed by atoms with Crippen LogP contribution in [0.2, 0.25) is 0 Å². The van der Waals surface area contributed by atoms with E-state index < -0.39 is 0 Å². The van der Waals surface area contributed by atoms with Gasteiger partial charge in [-0.2, -0.15) is 0 Å². The number of ether oxygens (including phenoxy) is 1. The molecule has 0 unspecified atom stereocenters. The molecule has 0 spiro atoms. The van der Waals surface area contributed by atoms with Gasteiger partial charge in [0, 0.05) is 11.1 Å². The lowest BCUT2D eigenvalue weighted by molar-refractivity contribution is 0.397. The van der Waals surface area contributed by atoms with Gasteiger partial charge in [-0.05, 0) is 51.3 Å². The number of nitrogens with two attached hydrogens (primary N) is 1. The molecule has 0 radical (unpaired) electrons. The van der Waals surface area contributed by atoms with Crippen LogP contribution in [-0.4, -0.2) is 12.6 Å². The van der Waals surface area contributed by atoms with Gasteiger partial charge >= 0.3 is 0 Å². The summed E-state index contributed by atoms with van der Waals surface area (Å²) in [5.41, 5.74) is 7.09. The third-order valence-corrected chi connectivity index (χ3v) is 2.54. The molecule has 0 atom stereocenters. The first-order chi connectivity index (χ1) is 7.33. The SMILES string of the molecule is COc1cc(C)cc(F)c1CCC(C)(C)N. The molecule has 90 valence electrons. The monoisotopic (exact) mass is 225 g/mol. The van der Waals surface area contributed by atoms with Gasteiger partial charge in [0.1, 0.15) is 11.6 Å². The average Bonchev–Trinajstić information content (AvgIpc) is 2.13. The van der Waals surface area contributed by atoms with Crippen LogP contribution < -0.4 is 10.5 Å². The lowest BCUT2D eigenvalue weighted by Crippen LogP contribution is -2.32. The summed E-state index contributed by atoms with van der Waals surface area (Å²) in [7, 11) is 1.56. The maximum absolute atomic E-state index is 13.8. The molecule has 2 nitrogen and oxygen atoms in total. The zero-order valence-corrected chi connectivity index (χ0v) is 10.4. The van der Waals surface area contributed by atoms with Crippen LogP contribution in [0.1, 0.15) is 31.4 Å². The molecule has 0 saturated carbocycles. The number of rotatable bonds is 4. The number of hydrogen-bond acceptors (Lipinski definition) is 2. The second kappa shape index (κ2) is 4.83. The standard InChI is InChI=1S/C13H20FNO/c1-9-7-11(14)10(12(8-9)16-4)5-6-13(2,3)15/h7-8H,5-6,15H2,1-4H3. The highest BCUT2D eigenvalue weighted by Crippen LogP contribution is 2.26. The fourth-order valence-electron chi connectivity index (χ4n) is 1.61. The summed E-state index contributed by atoms with van der Waals surface area (Å²) in [4.78, 5) is 0. The van der Waals surface area contributed by atoms with E-state index in [9.17, 15) is 4.39 Å². The summed E-state index contributed by atoms with van der Waals surface area (Å²) in [5.74, 6) is 0.405. The molecule has 0 fully saturated rings. The number of hydrogen-bond donors (Lipinski definition) is 1. The molecule has 0 amide bonds. The van der Waals surface area contributed by atoms with Gasteiger partial charge in [0.05, 0.1) is 7.11 Å². The lowest BCUT2D eigenvalue weighted by Gasteiger charge is -2.19. The predicted molar refractivity (Wildman–Crippen MR) is 64.3 cm³/mol. The molecule has 1 aromatic rings. The molecule has 0 aliphatic heterocycles. The van der Waals surface area contributed by atoms with E-state index in [0.717, 1.165) is 12.0 Å². The quantitative estimate of drug-likeness (QED) is 0.855. The van der Waals surface area contributed by atoms with Crippen molar-refractivity contribution >= 4 is 0 Å². The fourth-order valence-corrected chi connectivity index (χ4v) is 1.61. The summed E-state index contributed by atoms with van der Waals surface area (Å²) in [6, 6.07) is 3.38. The van der Waals surface area contributed by atoms with Crippen molar-refractivity contribution in [1.29, 1.82) is 0 Å². The van der Waals surface area contributed by atoms with Crippen LogP contribution in [0.15, 0.2) is 12.1 Å². The number of methoxy groups -OCH3 is 1. The molecule has 0 bridgehead atoms. The van der Waals surface area contributed by atoms with E-state index in [2.05, 4.69) is 0 Å². The highest BCUT2D eigenvalue weighted by atomic mass is 19.1. The van der Waals surface area contributed by atoms with Crippen molar-refractivity contribution in [1.82, 2.24) is 0 Å². The average molecular weight is 225 g/mol. The minimum absolute atomic E-state index is 0.207. The molecule has 1 aromatic carbocycles. The minimum atomic E-state index is -0.289. The summed E-state index contributed by atoms with van der Waals surface area (Å²) >= 11 is 0. The topological polar surface area (TPSA) is 35.2 Å². The molecule has 0 aliphatic carbocycles. The van der Waals surface area contributed by atoms with Crippen LogP contribution >= 0.6 is 0 Å². The Morgan fingerprint density at radius 2 is 2.00 bits per heavy atom. The van der Waals surface area contributed by atoms with Crippen LogP contribution in [0.3, 0.4) is 0 Å². The summed E-state index contributed by atoms with van der Waals surface area (Å²) in [6.45, 7) is 5.72.